The monoisotopic (exact) mass is 343 g/mol. The molecule has 1 atom stereocenters. The van der Waals surface area contributed by atoms with Gasteiger partial charge in [-0.15, -0.1) is 0 Å². The molecule has 0 aliphatic rings. The maximum Gasteiger partial charge on any atom is 0.119 e. The van der Waals surface area contributed by atoms with Gasteiger partial charge in [-0.05, 0) is 35.9 Å². The Balaban J connectivity index is 1.90. The minimum Gasteiger partial charge on any atom is -0.493 e. The van der Waals surface area contributed by atoms with Gasteiger partial charge in [0.15, 0.2) is 0 Å². The van der Waals surface area contributed by atoms with Crippen molar-refractivity contribution in [1.29, 1.82) is 0 Å². The molecule has 21 heavy (non-hydrogen) atoms. The van der Waals surface area contributed by atoms with Crippen molar-refractivity contribution in [2.24, 2.45) is 5.73 Å². The summed E-state index contributed by atoms with van der Waals surface area (Å²) in [5, 5.41) is 0.853. The highest BCUT2D eigenvalue weighted by atomic mass is 35.5. The summed E-state index contributed by atoms with van der Waals surface area (Å²) in [4.78, 5) is 0.642. The van der Waals surface area contributed by atoms with Gasteiger partial charge in [0.25, 0.3) is 0 Å². The van der Waals surface area contributed by atoms with Crippen molar-refractivity contribution in [1.82, 2.24) is 0 Å². The van der Waals surface area contributed by atoms with E-state index in [4.69, 9.17) is 33.7 Å². The number of hydrogen-bond acceptors (Lipinski definition) is 3. The topological polar surface area (TPSA) is 52.3 Å². The van der Waals surface area contributed by atoms with E-state index in [9.17, 15) is 4.21 Å². The molecular formula is C15H15Cl2NO2S. The van der Waals surface area contributed by atoms with Crippen LogP contribution in [0.3, 0.4) is 0 Å². The lowest BCUT2D eigenvalue weighted by molar-refractivity contribution is 0.342. The lowest BCUT2D eigenvalue weighted by Crippen LogP contribution is -2.09. The summed E-state index contributed by atoms with van der Waals surface area (Å²) in [7, 11) is -1.18. The summed E-state index contributed by atoms with van der Waals surface area (Å²) in [6.07, 6.45) is 0. The van der Waals surface area contributed by atoms with Gasteiger partial charge in [-0.3, -0.25) is 4.21 Å². The van der Waals surface area contributed by atoms with Gasteiger partial charge in [0, 0.05) is 11.4 Å². The Hall–Kier alpha value is -1.07. The minimum atomic E-state index is -1.18. The number of halogens is 2. The Kier molecular flexibility index (Phi) is 6.06. The predicted molar refractivity (Wildman–Crippen MR) is 87.6 cm³/mol. The molecule has 0 bridgehead atoms. The standard InChI is InChI=1S/C15H15Cl2NO2S/c16-14-5-4-13(9-15(14)17)21(19)7-6-20-12-3-1-2-11(8-12)10-18/h1-5,8-9H,6-7,10,18H2. The van der Waals surface area contributed by atoms with E-state index in [1.165, 1.54) is 0 Å². The summed E-state index contributed by atoms with van der Waals surface area (Å²) in [6, 6.07) is 12.5. The van der Waals surface area contributed by atoms with Crippen LogP contribution in [0.1, 0.15) is 5.56 Å². The molecule has 0 saturated heterocycles. The number of ether oxygens (including phenoxy) is 1. The summed E-state index contributed by atoms with van der Waals surface area (Å²) >= 11 is 11.7. The minimum absolute atomic E-state index is 0.348. The van der Waals surface area contributed by atoms with Crippen LogP contribution in [0.5, 0.6) is 5.75 Å². The lowest BCUT2D eigenvalue weighted by Gasteiger charge is -2.08. The van der Waals surface area contributed by atoms with Crippen molar-refractivity contribution in [2.75, 3.05) is 12.4 Å². The van der Waals surface area contributed by atoms with Crippen LogP contribution in [0.15, 0.2) is 47.4 Å². The highest BCUT2D eigenvalue weighted by Crippen LogP contribution is 2.24. The van der Waals surface area contributed by atoms with Crippen molar-refractivity contribution in [3.63, 3.8) is 0 Å². The van der Waals surface area contributed by atoms with Crippen molar-refractivity contribution in [3.8, 4) is 5.75 Å². The third-order valence-electron chi connectivity index (χ3n) is 2.83. The predicted octanol–water partition coefficient (Wildman–Crippen LogP) is 3.64. The summed E-state index contributed by atoms with van der Waals surface area (Å²) in [5.74, 6) is 1.11. The van der Waals surface area contributed by atoms with E-state index >= 15 is 0 Å². The first kappa shape index (κ1) is 16.3. The van der Waals surface area contributed by atoms with Crippen molar-refractivity contribution < 1.29 is 8.95 Å². The Morgan fingerprint density at radius 1 is 1.10 bits per heavy atom. The normalized spacial score (nSPS) is 12.1. The molecule has 2 aromatic carbocycles. The second-order valence-electron chi connectivity index (χ2n) is 4.33. The van der Waals surface area contributed by atoms with E-state index in [1.54, 1.807) is 18.2 Å². The van der Waals surface area contributed by atoms with E-state index in [2.05, 4.69) is 0 Å². The van der Waals surface area contributed by atoms with Crippen LogP contribution in [0.25, 0.3) is 0 Å². The summed E-state index contributed by atoms with van der Waals surface area (Å²) < 4.78 is 17.7. The quantitative estimate of drug-likeness (QED) is 0.870. The SMILES string of the molecule is NCc1cccc(OCCS(=O)c2ccc(Cl)c(Cl)c2)c1. The van der Waals surface area contributed by atoms with Crippen LogP contribution in [-0.4, -0.2) is 16.6 Å². The zero-order valence-electron chi connectivity index (χ0n) is 11.2. The first-order chi connectivity index (χ1) is 10.1. The lowest BCUT2D eigenvalue weighted by atomic mass is 10.2. The van der Waals surface area contributed by atoms with Crippen LogP contribution in [0.4, 0.5) is 0 Å². The van der Waals surface area contributed by atoms with Gasteiger partial charge in [-0.1, -0.05) is 35.3 Å². The third-order valence-corrected chi connectivity index (χ3v) is 4.88. The molecular weight excluding hydrogens is 329 g/mol. The van der Waals surface area contributed by atoms with Gasteiger partial charge >= 0.3 is 0 Å². The number of hydrogen-bond donors (Lipinski definition) is 1. The molecule has 0 radical (unpaired) electrons. The second-order valence-corrected chi connectivity index (χ2v) is 6.71. The first-order valence-corrected chi connectivity index (χ1v) is 8.43. The van der Waals surface area contributed by atoms with E-state index in [-0.39, 0.29) is 0 Å². The van der Waals surface area contributed by atoms with E-state index in [1.807, 2.05) is 24.3 Å². The molecule has 1 unspecified atom stereocenters. The van der Waals surface area contributed by atoms with E-state index in [0.29, 0.717) is 33.8 Å². The Labute approximate surface area is 136 Å². The van der Waals surface area contributed by atoms with Crippen molar-refractivity contribution in [2.45, 2.75) is 11.4 Å². The van der Waals surface area contributed by atoms with Crippen molar-refractivity contribution >= 4 is 34.0 Å². The average molecular weight is 344 g/mol. The Morgan fingerprint density at radius 3 is 2.62 bits per heavy atom. The van der Waals surface area contributed by atoms with Gasteiger partial charge in [0.05, 0.1) is 26.6 Å². The van der Waals surface area contributed by atoms with Crippen LogP contribution < -0.4 is 10.5 Å². The van der Waals surface area contributed by atoms with Crippen LogP contribution >= 0.6 is 23.2 Å². The molecule has 0 aromatic heterocycles. The fraction of sp³-hybridized carbons (Fsp3) is 0.200. The number of nitrogens with two attached hydrogens (primary N) is 1. The molecule has 0 amide bonds. The molecule has 3 nitrogen and oxygen atoms in total. The number of rotatable bonds is 6. The molecule has 0 heterocycles. The molecule has 0 fully saturated rings. The van der Waals surface area contributed by atoms with Crippen LogP contribution in [0, 0.1) is 0 Å². The molecule has 0 aliphatic carbocycles. The fourth-order valence-electron chi connectivity index (χ4n) is 1.73. The molecule has 112 valence electrons. The number of benzene rings is 2. The smallest absolute Gasteiger partial charge is 0.119 e. The third kappa shape index (κ3) is 4.71. The van der Waals surface area contributed by atoms with Gasteiger partial charge in [-0.25, -0.2) is 0 Å². The summed E-state index contributed by atoms with van der Waals surface area (Å²) in [6.45, 7) is 0.813. The largest absolute Gasteiger partial charge is 0.493 e. The second kappa shape index (κ2) is 7.80. The molecule has 2 N–H and O–H groups in total. The summed E-state index contributed by atoms with van der Waals surface area (Å²) in [5.41, 5.74) is 6.57. The zero-order chi connectivity index (χ0) is 15.2. The van der Waals surface area contributed by atoms with Crippen LogP contribution in [0.2, 0.25) is 10.0 Å². The van der Waals surface area contributed by atoms with E-state index < -0.39 is 10.8 Å². The van der Waals surface area contributed by atoms with Gasteiger partial charge in [0.1, 0.15) is 12.4 Å². The maximum atomic E-state index is 12.1. The van der Waals surface area contributed by atoms with Gasteiger partial charge in [0.2, 0.25) is 0 Å². The molecule has 2 rings (SSSR count). The Morgan fingerprint density at radius 2 is 1.90 bits per heavy atom. The van der Waals surface area contributed by atoms with Crippen LogP contribution in [-0.2, 0) is 17.3 Å². The molecule has 0 spiro atoms. The highest BCUT2D eigenvalue weighted by molar-refractivity contribution is 7.85. The molecule has 2 aromatic rings. The van der Waals surface area contributed by atoms with E-state index in [0.717, 1.165) is 11.3 Å². The molecule has 0 aliphatic heterocycles. The Bertz CT molecular complexity index is 649. The highest BCUT2D eigenvalue weighted by Gasteiger charge is 2.07. The first-order valence-electron chi connectivity index (χ1n) is 6.35. The van der Waals surface area contributed by atoms with Gasteiger partial charge in [-0.2, -0.15) is 0 Å². The van der Waals surface area contributed by atoms with Crippen molar-refractivity contribution in [3.05, 3.63) is 58.1 Å². The van der Waals surface area contributed by atoms with Gasteiger partial charge < -0.3 is 10.5 Å². The average Bonchev–Trinajstić information content (AvgIpc) is 2.50. The maximum absolute atomic E-state index is 12.1. The fourth-order valence-corrected chi connectivity index (χ4v) is 3.04. The molecule has 6 heteroatoms. The molecule has 0 saturated carbocycles. The zero-order valence-corrected chi connectivity index (χ0v) is 13.5.